The zero-order valence-corrected chi connectivity index (χ0v) is 24.4. The second-order valence-electron chi connectivity index (χ2n) is 11.0. The van der Waals surface area contributed by atoms with Crippen molar-refractivity contribution in [3.05, 3.63) is 96.1 Å². The van der Waals surface area contributed by atoms with Crippen LogP contribution in [-0.4, -0.2) is 69.2 Å². The summed E-state index contributed by atoms with van der Waals surface area (Å²) in [5.74, 6) is 0.634. The number of rotatable bonds is 3. The minimum Gasteiger partial charge on any atom is -0.488 e. The number of aryl methyl sites for hydroxylation is 2. The first-order valence-electron chi connectivity index (χ1n) is 14.7. The fourth-order valence-corrected chi connectivity index (χ4v) is 5.48. The van der Waals surface area contributed by atoms with Crippen molar-refractivity contribution in [2.75, 3.05) is 19.7 Å². The normalized spacial score (nSPS) is 18.7. The van der Waals surface area contributed by atoms with Crippen molar-refractivity contribution < 1.29 is 23.9 Å². The van der Waals surface area contributed by atoms with E-state index in [0.29, 0.717) is 56.0 Å². The lowest BCUT2D eigenvalue weighted by atomic mass is 10.00. The Labute approximate surface area is 255 Å². The lowest BCUT2D eigenvalue weighted by Gasteiger charge is -2.39. The molecule has 3 aliphatic heterocycles. The van der Waals surface area contributed by atoms with Crippen molar-refractivity contribution >= 4 is 17.7 Å². The SMILES string of the molecule is Cn1nccc1CCC(=O)N1CC[C@@H]2Oc3ccc(cc3)CNC(=O)COc3cccc(c3)-c3cncc(c3)C(=O)N[C@@H]2C1. The number of carbonyl (C=O) groups is 3. The molecule has 6 bridgehead atoms. The average molecular weight is 595 g/mol. The van der Waals surface area contributed by atoms with Crippen LogP contribution < -0.4 is 20.1 Å². The van der Waals surface area contributed by atoms with Crippen molar-refractivity contribution in [2.45, 2.75) is 38.0 Å². The summed E-state index contributed by atoms with van der Waals surface area (Å²) in [6.07, 6.45) is 6.03. The van der Waals surface area contributed by atoms with E-state index in [0.717, 1.165) is 22.4 Å². The quantitative estimate of drug-likeness (QED) is 0.373. The van der Waals surface area contributed by atoms with Gasteiger partial charge in [-0.15, -0.1) is 0 Å². The van der Waals surface area contributed by atoms with Crippen LogP contribution in [0.1, 0.15) is 34.5 Å². The number of hydrogen-bond donors (Lipinski definition) is 2. The van der Waals surface area contributed by atoms with E-state index in [4.69, 9.17) is 9.47 Å². The summed E-state index contributed by atoms with van der Waals surface area (Å²) in [5, 5.41) is 10.2. The van der Waals surface area contributed by atoms with Gasteiger partial charge in [-0.2, -0.15) is 5.10 Å². The van der Waals surface area contributed by atoms with Crippen LogP contribution in [0.2, 0.25) is 0 Å². The Hall–Kier alpha value is -5.19. The molecule has 3 aliphatic rings. The van der Waals surface area contributed by atoms with Gasteiger partial charge in [0.1, 0.15) is 17.6 Å². The Morgan fingerprint density at radius 1 is 1.00 bits per heavy atom. The van der Waals surface area contributed by atoms with Gasteiger partial charge >= 0.3 is 0 Å². The molecule has 1 fully saturated rings. The van der Waals surface area contributed by atoms with E-state index in [2.05, 4.69) is 20.7 Å². The maximum absolute atomic E-state index is 13.6. The third-order valence-corrected chi connectivity index (χ3v) is 7.97. The highest BCUT2D eigenvalue weighted by molar-refractivity contribution is 5.95. The Bertz CT molecular complexity index is 1650. The van der Waals surface area contributed by atoms with Crippen LogP contribution in [0, 0.1) is 0 Å². The van der Waals surface area contributed by atoms with Crippen LogP contribution in [0.4, 0.5) is 0 Å². The fourth-order valence-electron chi connectivity index (χ4n) is 5.48. The first-order chi connectivity index (χ1) is 21.4. The van der Waals surface area contributed by atoms with Gasteiger partial charge in [0.05, 0.1) is 11.6 Å². The molecular formula is C33H34N6O5. The summed E-state index contributed by atoms with van der Waals surface area (Å²) in [7, 11) is 1.86. The summed E-state index contributed by atoms with van der Waals surface area (Å²) in [6, 6.07) is 18.0. The maximum atomic E-state index is 13.6. The first kappa shape index (κ1) is 28.9. The molecule has 0 radical (unpaired) electrons. The number of nitrogens with one attached hydrogen (secondary N) is 2. The number of hydrogen-bond acceptors (Lipinski definition) is 7. The highest BCUT2D eigenvalue weighted by atomic mass is 16.5. The largest absolute Gasteiger partial charge is 0.488 e. The molecule has 1 saturated heterocycles. The number of piperidine rings is 1. The molecule has 226 valence electrons. The number of likely N-dealkylation sites (tertiary alicyclic amines) is 1. The minimum atomic E-state index is -0.457. The zero-order chi connectivity index (χ0) is 30.5. The summed E-state index contributed by atoms with van der Waals surface area (Å²) in [5.41, 5.74) is 3.80. The van der Waals surface area contributed by atoms with Crippen molar-refractivity contribution in [1.82, 2.24) is 30.3 Å². The molecule has 7 rings (SSSR count). The van der Waals surface area contributed by atoms with Gasteiger partial charge in [-0.3, -0.25) is 24.0 Å². The van der Waals surface area contributed by atoms with Gasteiger partial charge in [0.2, 0.25) is 5.91 Å². The molecule has 11 nitrogen and oxygen atoms in total. The molecule has 5 heterocycles. The first-order valence-corrected chi connectivity index (χ1v) is 14.7. The van der Waals surface area contributed by atoms with Crippen molar-refractivity contribution in [3.63, 3.8) is 0 Å². The standard InChI is InChI=1S/C33H34N6O5/c1-38-26(11-13-36-38)7-10-32(41)39-14-12-30-29(20-39)37-33(42)25-15-24(18-34-19-25)23-3-2-4-28(16-23)43-21-31(40)35-17-22-5-8-27(44-30)9-6-22/h2-6,8-9,11,13,15-16,18-19,29-30H,7,10,12,14,17,20-21H2,1H3,(H,35,40)(H,37,42)/t29-,30+/m1/s1. The van der Waals surface area contributed by atoms with Gasteiger partial charge in [0.15, 0.2) is 6.61 Å². The third-order valence-electron chi connectivity index (χ3n) is 7.97. The molecular weight excluding hydrogens is 560 g/mol. The highest BCUT2D eigenvalue weighted by Crippen LogP contribution is 2.25. The van der Waals surface area contributed by atoms with E-state index in [9.17, 15) is 14.4 Å². The lowest BCUT2D eigenvalue weighted by molar-refractivity contribution is -0.133. The van der Waals surface area contributed by atoms with Crippen LogP contribution in [0.25, 0.3) is 11.1 Å². The van der Waals surface area contributed by atoms with Gasteiger partial charge in [0, 0.05) is 69.4 Å². The second kappa shape index (κ2) is 13.0. The molecule has 11 heteroatoms. The van der Waals surface area contributed by atoms with Gasteiger partial charge in [-0.05, 0) is 53.9 Å². The summed E-state index contributed by atoms with van der Waals surface area (Å²) in [6.45, 7) is 1.05. The topological polar surface area (TPSA) is 128 Å². The molecule has 3 amide bonds. The van der Waals surface area contributed by atoms with E-state index in [-0.39, 0.29) is 30.4 Å². The van der Waals surface area contributed by atoms with Gasteiger partial charge in [0.25, 0.3) is 11.8 Å². The van der Waals surface area contributed by atoms with Crippen LogP contribution in [0.15, 0.2) is 79.3 Å². The number of aromatic nitrogens is 3. The predicted molar refractivity (Wildman–Crippen MR) is 162 cm³/mol. The smallest absolute Gasteiger partial charge is 0.258 e. The number of fused-ring (bicyclic) bond motifs is 7. The molecule has 2 aromatic heterocycles. The van der Waals surface area contributed by atoms with Gasteiger partial charge < -0.3 is 25.0 Å². The van der Waals surface area contributed by atoms with Crippen molar-refractivity contribution in [3.8, 4) is 22.6 Å². The number of pyridine rings is 1. The molecule has 2 atom stereocenters. The van der Waals surface area contributed by atoms with E-state index >= 15 is 0 Å². The summed E-state index contributed by atoms with van der Waals surface area (Å²) < 4.78 is 13.9. The van der Waals surface area contributed by atoms with Crippen LogP contribution in [0.5, 0.6) is 11.5 Å². The number of nitrogens with zero attached hydrogens (tertiary/aromatic N) is 4. The second-order valence-corrected chi connectivity index (χ2v) is 11.0. The lowest BCUT2D eigenvalue weighted by Crippen LogP contribution is -2.58. The number of benzene rings is 2. The third kappa shape index (κ3) is 6.88. The predicted octanol–water partition coefficient (Wildman–Crippen LogP) is 2.90. The zero-order valence-electron chi connectivity index (χ0n) is 24.4. The number of carbonyl (C=O) groups excluding carboxylic acids is 3. The van der Waals surface area contributed by atoms with Crippen molar-refractivity contribution in [2.24, 2.45) is 7.05 Å². The Kier molecular flexibility index (Phi) is 8.53. The van der Waals surface area contributed by atoms with Crippen LogP contribution >= 0.6 is 0 Å². The molecule has 0 saturated carbocycles. The minimum absolute atomic E-state index is 0.0162. The highest BCUT2D eigenvalue weighted by Gasteiger charge is 2.34. The average Bonchev–Trinajstić information content (AvgIpc) is 3.47. The molecule has 0 aliphatic carbocycles. The van der Waals surface area contributed by atoms with Gasteiger partial charge in [-0.25, -0.2) is 0 Å². The van der Waals surface area contributed by atoms with E-state index < -0.39 is 6.04 Å². The molecule has 44 heavy (non-hydrogen) atoms. The Morgan fingerprint density at radius 3 is 2.66 bits per heavy atom. The van der Waals surface area contributed by atoms with E-state index in [1.54, 1.807) is 34.1 Å². The van der Waals surface area contributed by atoms with Crippen LogP contribution in [-0.2, 0) is 29.6 Å². The van der Waals surface area contributed by atoms with Crippen molar-refractivity contribution in [1.29, 1.82) is 0 Å². The molecule has 0 unspecified atom stereocenters. The summed E-state index contributed by atoms with van der Waals surface area (Å²) in [4.78, 5) is 45.4. The van der Waals surface area contributed by atoms with Gasteiger partial charge in [-0.1, -0.05) is 24.3 Å². The maximum Gasteiger partial charge on any atom is 0.258 e. The van der Waals surface area contributed by atoms with E-state index in [1.807, 2.05) is 55.6 Å². The molecule has 2 aromatic carbocycles. The Balaban J connectivity index is 1.26. The Morgan fingerprint density at radius 2 is 1.84 bits per heavy atom. The molecule has 4 aromatic rings. The summed E-state index contributed by atoms with van der Waals surface area (Å²) >= 11 is 0. The van der Waals surface area contributed by atoms with Crippen LogP contribution in [0.3, 0.4) is 0 Å². The van der Waals surface area contributed by atoms with E-state index in [1.165, 1.54) is 6.20 Å². The number of ether oxygens (including phenoxy) is 2. The molecule has 2 N–H and O–H groups in total. The molecule has 0 spiro atoms. The monoisotopic (exact) mass is 594 g/mol. The fraction of sp³-hybridized carbons (Fsp3) is 0.303. The number of amides is 3.